The van der Waals surface area contributed by atoms with Crippen molar-refractivity contribution in [3.8, 4) is 0 Å². The maximum Gasteiger partial charge on any atom is 0.0431 e. The Morgan fingerprint density at radius 2 is 1.17 bits per heavy atom. The summed E-state index contributed by atoms with van der Waals surface area (Å²) in [7, 11) is 0. The van der Waals surface area contributed by atoms with Gasteiger partial charge in [0.15, 0.2) is 0 Å². The first-order chi connectivity index (χ1) is 5.33. The molecule has 0 spiro atoms. The van der Waals surface area contributed by atoms with Crippen LogP contribution in [0.2, 0.25) is 0 Å². The summed E-state index contributed by atoms with van der Waals surface area (Å²) in [6, 6.07) is 0. The maximum atomic E-state index is 8.20. The molecule has 0 saturated carbocycles. The van der Waals surface area contributed by atoms with Crippen molar-refractivity contribution in [1.29, 1.82) is 0 Å². The van der Waals surface area contributed by atoms with Crippen LogP contribution < -0.4 is 0 Å². The minimum absolute atomic E-state index is 0. The molecule has 0 bridgehead atoms. The van der Waals surface area contributed by atoms with Crippen LogP contribution in [-0.2, 0) is 0 Å². The van der Waals surface area contributed by atoms with Gasteiger partial charge in [0, 0.05) is 62.6 Å². The average Bonchev–Trinajstić information content (AvgIpc) is 2.04. The van der Waals surface area contributed by atoms with Crippen molar-refractivity contribution < 1.29 is 59.6 Å². The van der Waals surface area contributed by atoms with Gasteiger partial charge in [-0.25, -0.2) is 0 Å². The molecule has 0 saturated heterocycles. The third-order valence-corrected chi connectivity index (χ3v) is 1.27. The van der Waals surface area contributed by atoms with Crippen LogP contribution in [0.4, 0.5) is 0 Å². The third kappa shape index (κ3) is 30.0. The zero-order valence-corrected chi connectivity index (χ0v) is 10.6. The molecule has 77 valence electrons. The second-order valence-corrected chi connectivity index (χ2v) is 2.51. The minimum atomic E-state index is 0. The summed E-state index contributed by atoms with van der Waals surface area (Å²) in [4.78, 5) is 0. The zero-order valence-electron chi connectivity index (χ0n) is 8.22. The molecule has 12 heavy (non-hydrogen) atoms. The molecule has 0 amide bonds. The summed E-state index contributed by atoms with van der Waals surface area (Å²) < 4.78 is 0. The molecule has 0 heterocycles. The monoisotopic (exact) mass is 315 g/mol. The molecule has 1 radical (unpaired) electrons. The smallest absolute Gasteiger partial charge is 0.0431 e. The van der Waals surface area contributed by atoms with Crippen LogP contribution in [0.1, 0.15) is 46.0 Å². The van der Waals surface area contributed by atoms with Gasteiger partial charge in [-0.1, -0.05) is 33.1 Å². The van der Waals surface area contributed by atoms with Crippen LogP contribution in [0.5, 0.6) is 0 Å². The average molecular weight is 314 g/mol. The van der Waals surface area contributed by atoms with E-state index in [1.165, 1.54) is 6.42 Å². The first kappa shape index (κ1) is 19.1. The van der Waals surface area contributed by atoms with E-state index in [1.54, 1.807) is 0 Å². The van der Waals surface area contributed by atoms with Crippen molar-refractivity contribution in [1.82, 2.24) is 0 Å². The van der Waals surface area contributed by atoms with E-state index in [0.29, 0.717) is 13.2 Å². The summed E-state index contributed by atoms with van der Waals surface area (Å²) in [5.41, 5.74) is 0. The van der Waals surface area contributed by atoms with E-state index in [0.717, 1.165) is 25.7 Å². The molecule has 0 aliphatic heterocycles. The van der Waals surface area contributed by atoms with E-state index in [4.69, 9.17) is 10.2 Å². The zero-order chi connectivity index (χ0) is 8.95. The van der Waals surface area contributed by atoms with Crippen LogP contribution in [0, 0.1) is 49.4 Å². The molecule has 3 heteroatoms. The standard InChI is InChI=1S/C5H12O.C4H10O.Eu/c1-2-3-4-5-6;1-2-3-4-5;/h6H,2-5H2,1H3;5H,2-4H2,1H3;. The van der Waals surface area contributed by atoms with Crippen molar-refractivity contribution in [3.63, 3.8) is 0 Å². The molecule has 2 N–H and O–H groups in total. The molecule has 0 rings (SSSR count). The van der Waals surface area contributed by atoms with E-state index in [-0.39, 0.29) is 49.4 Å². The maximum absolute atomic E-state index is 8.20. The Hall–Kier alpha value is 1.50. The van der Waals surface area contributed by atoms with Gasteiger partial charge in [-0.2, -0.15) is 0 Å². The van der Waals surface area contributed by atoms with Gasteiger partial charge in [0.25, 0.3) is 0 Å². The van der Waals surface area contributed by atoms with E-state index in [1.807, 2.05) is 0 Å². The van der Waals surface area contributed by atoms with Crippen LogP contribution in [0.25, 0.3) is 0 Å². The molecule has 0 fully saturated rings. The number of rotatable bonds is 5. The Bertz CT molecular complexity index is 45.8. The Balaban J connectivity index is -0.000000126. The summed E-state index contributed by atoms with van der Waals surface area (Å²) in [6.07, 6.45) is 5.37. The van der Waals surface area contributed by atoms with Crippen LogP contribution in [0.15, 0.2) is 0 Å². The fraction of sp³-hybridized carbons (Fsp3) is 1.00. The van der Waals surface area contributed by atoms with Gasteiger partial charge >= 0.3 is 0 Å². The molecule has 0 aromatic rings. The number of unbranched alkanes of at least 4 members (excludes halogenated alkanes) is 3. The van der Waals surface area contributed by atoms with Crippen molar-refractivity contribution in [2.75, 3.05) is 13.2 Å². The number of hydrogen-bond donors (Lipinski definition) is 2. The molecule has 0 aromatic heterocycles. The van der Waals surface area contributed by atoms with Crippen molar-refractivity contribution in [2.24, 2.45) is 0 Å². The van der Waals surface area contributed by atoms with E-state index < -0.39 is 0 Å². The number of aliphatic hydroxyl groups excluding tert-OH is 2. The molecular weight excluding hydrogens is 292 g/mol. The Morgan fingerprint density at radius 3 is 1.25 bits per heavy atom. The Labute approximate surface area is 117 Å². The van der Waals surface area contributed by atoms with Gasteiger partial charge in [-0.3, -0.25) is 0 Å². The Kier molecular flexibility index (Phi) is 36.5. The molecule has 0 unspecified atom stereocenters. The van der Waals surface area contributed by atoms with E-state index >= 15 is 0 Å². The molecule has 0 aromatic carbocycles. The largest absolute Gasteiger partial charge is 0.396 e. The predicted molar refractivity (Wildman–Crippen MR) is 48.6 cm³/mol. The molecule has 0 aliphatic rings. The topological polar surface area (TPSA) is 40.5 Å². The third-order valence-electron chi connectivity index (χ3n) is 1.27. The molecule has 2 nitrogen and oxygen atoms in total. The molecule has 0 atom stereocenters. The van der Waals surface area contributed by atoms with E-state index in [2.05, 4.69) is 13.8 Å². The molecular formula is C9H22EuO2. The quantitative estimate of drug-likeness (QED) is 0.762. The number of aliphatic hydroxyl groups is 2. The normalized spacial score (nSPS) is 8.00. The van der Waals surface area contributed by atoms with Gasteiger partial charge in [0.1, 0.15) is 0 Å². The van der Waals surface area contributed by atoms with Crippen molar-refractivity contribution >= 4 is 0 Å². The summed E-state index contributed by atoms with van der Waals surface area (Å²) >= 11 is 0. The fourth-order valence-electron chi connectivity index (χ4n) is 0.520. The van der Waals surface area contributed by atoms with Crippen LogP contribution in [-0.4, -0.2) is 23.4 Å². The number of hydrogen-bond acceptors (Lipinski definition) is 2. The first-order valence-electron chi connectivity index (χ1n) is 4.55. The predicted octanol–water partition coefficient (Wildman–Crippen LogP) is 1.95. The van der Waals surface area contributed by atoms with Crippen molar-refractivity contribution in [2.45, 2.75) is 46.0 Å². The second-order valence-electron chi connectivity index (χ2n) is 2.51. The first-order valence-corrected chi connectivity index (χ1v) is 4.55. The van der Waals surface area contributed by atoms with Crippen LogP contribution >= 0.6 is 0 Å². The van der Waals surface area contributed by atoms with E-state index in [9.17, 15) is 0 Å². The molecule has 0 aliphatic carbocycles. The second kappa shape index (κ2) is 22.9. The van der Waals surface area contributed by atoms with Gasteiger partial charge in [-0.05, 0) is 12.8 Å². The Morgan fingerprint density at radius 1 is 0.750 bits per heavy atom. The summed E-state index contributed by atoms with van der Waals surface area (Å²) in [5, 5.41) is 16.3. The van der Waals surface area contributed by atoms with Gasteiger partial charge in [0.05, 0.1) is 0 Å². The van der Waals surface area contributed by atoms with Crippen LogP contribution in [0.3, 0.4) is 0 Å². The summed E-state index contributed by atoms with van der Waals surface area (Å²) in [6.45, 7) is 4.87. The fourth-order valence-corrected chi connectivity index (χ4v) is 0.520. The van der Waals surface area contributed by atoms with Gasteiger partial charge in [0.2, 0.25) is 0 Å². The van der Waals surface area contributed by atoms with Crippen molar-refractivity contribution in [3.05, 3.63) is 0 Å². The summed E-state index contributed by atoms with van der Waals surface area (Å²) in [5.74, 6) is 0. The SMILES string of the molecule is CCCCCO.CCCCO.[Eu]. The van der Waals surface area contributed by atoms with Gasteiger partial charge < -0.3 is 10.2 Å². The van der Waals surface area contributed by atoms with Gasteiger partial charge in [-0.15, -0.1) is 0 Å². The minimum Gasteiger partial charge on any atom is -0.396 e.